The van der Waals surface area contributed by atoms with Crippen LogP contribution in [-0.4, -0.2) is 39.9 Å². The Labute approximate surface area is 122 Å². The fourth-order valence-electron chi connectivity index (χ4n) is 2.16. The van der Waals surface area contributed by atoms with Crippen LogP contribution in [0.3, 0.4) is 0 Å². The maximum Gasteiger partial charge on any atom is 0.161 e. The molecule has 0 saturated heterocycles. The summed E-state index contributed by atoms with van der Waals surface area (Å²) in [5.74, 6) is 1.60. The van der Waals surface area contributed by atoms with Crippen molar-refractivity contribution in [3.05, 3.63) is 35.7 Å². The van der Waals surface area contributed by atoms with Crippen LogP contribution in [0.15, 0.2) is 24.4 Å². The Morgan fingerprint density at radius 2 is 2.05 bits per heavy atom. The summed E-state index contributed by atoms with van der Waals surface area (Å²) in [7, 11) is 0. The van der Waals surface area contributed by atoms with E-state index in [9.17, 15) is 0 Å². The van der Waals surface area contributed by atoms with Gasteiger partial charge in [0.2, 0.25) is 0 Å². The normalized spacial score (nSPS) is 13.4. The van der Waals surface area contributed by atoms with E-state index in [2.05, 4.69) is 15.6 Å². The average molecular weight is 290 g/mol. The molecule has 0 radical (unpaired) electrons. The van der Waals surface area contributed by atoms with Crippen LogP contribution in [0.1, 0.15) is 11.3 Å². The van der Waals surface area contributed by atoms with E-state index in [0.29, 0.717) is 32.8 Å². The quantitative estimate of drug-likeness (QED) is 0.798. The third-order valence-electron chi connectivity index (χ3n) is 3.16. The van der Waals surface area contributed by atoms with Crippen LogP contribution in [-0.2, 0) is 19.6 Å². The second-order valence-electron chi connectivity index (χ2n) is 4.78. The number of aromatic nitrogens is 3. The highest BCUT2D eigenvalue weighted by Crippen LogP contribution is 2.30. The molecule has 0 unspecified atom stereocenters. The van der Waals surface area contributed by atoms with Crippen LogP contribution in [0.4, 0.5) is 0 Å². The minimum absolute atomic E-state index is 0.0629. The molecule has 2 aromatic rings. The molecular formula is C14H18N4O3. The molecule has 7 nitrogen and oxygen atoms in total. The number of aliphatic hydroxyl groups excluding tert-OH is 1. The first-order chi connectivity index (χ1) is 10.3. The van der Waals surface area contributed by atoms with Gasteiger partial charge in [-0.25, -0.2) is 4.68 Å². The van der Waals surface area contributed by atoms with Crippen molar-refractivity contribution >= 4 is 0 Å². The molecule has 0 aliphatic carbocycles. The number of ether oxygens (including phenoxy) is 2. The zero-order chi connectivity index (χ0) is 14.5. The molecule has 0 fully saturated rings. The van der Waals surface area contributed by atoms with Gasteiger partial charge >= 0.3 is 0 Å². The first kappa shape index (κ1) is 13.8. The van der Waals surface area contributed by atoms with Gasteiger partial charge in [-0.2, -0.15) is 0 Å². The number of benzene rings is 1. The third-order valence-corrected chi connectivity index (χ3v) is 3.16. The smallest absolute Gasteiger partial charge is 0.161 e. The highest BCUT2D eigenvalue weighted by Gasteiger charge is 2.11. The lowest BCUT2D eigenvalue weighted by molar-refractivity contribution is 0.171. The number of fused-ring (bicyclic) bond motifs is 1. The molecule has 0 amide bonds. The lowest BCUT2D eigenvalue weighted by Crippen LogP contribution is -2.16. The van der Waals surface area contributed by atoms with Crippen molar-refractivity contribution in [1.82, 2.24) is 20.3 Å². The topological polar surface area (TPSA) is 81.4 Å². The van der Waals surface area contributed by atoms with Crippen molar-refractivity contribution < 1.29 is 14.6 Å². The molecule has 2 heterocycles. The van der Waals surface area contributed by atoms with E-state index in [-0.39, 0.29) is 6.61 Å². The van der Waals surface area contributed by atoms with Gasteiger partial charge in [-0.15, -0.1) is 5.10 Å². The zero-order valence-corrected chi connectivity index (χ0v) is 11.7. The van der Waals surface area contributed by atoms with E-state index in [1.165, 1.54) is 0 Å². The van der Waals surface area contributed by atoms with E-state index in [1.807, 2.05) is 24.4 Å². The molecule has 0 saturated carbocycles. The lowest BCUT2D eigenvalue weighted by atomic mass is 10.2. The van der Waals surface area contributed by atoms with Crippen molar-refractivity contribution in [2.24, 2.45) is 0 Å². The molecule has 1 aromatic heterocycles. The molecule has 0 atom stereocenters. The van der Waals surface area contributed by atoms with Crippen LogP contribution < -0.4 is 14.8 Å². The minimum atomic E-state index is 0.0629. The summed E-state index contributed by atoms with van der Waals surface area (Å²) < 4.78 is 12.7. The van der Waals surface area contributed by atoms with E-state index >= 15 is 0 Å². The van der Waals surface area contributed by atoms with Crippen LogP contribution in [0.25, 0.3) is 0 Å². The summed E-state index contributed by atoms with van der Waals surface area (Å²) in [6.45, 7) is 3.07. The van der Waals surface area contributed by atoms with Crippen molar-refractivity contribution in [3.8, 4) is 11.5 Å². The molecule has 112 valence electrons. The average Bonchev–Trinajstić information content (AvgIpc) is 2.95. The van der Waals surface area contributed by atoms with E-state index in [4.69, 9.17) is 14.6 Å². The summed E-state index contributed by atoms with van der Waals surface area (Å²) in [6.07, 6.45) is 1.83. The molecule has 1 aliphatic rings. The number of rotatable bonds is 6. The Hall–Kier alpha value is -2.12. The Balaban J connectivity index is 1.52. The van der Waals surface area contributed by atoms with Crippen LogP contribution in [0.5, 0.6) is 11.5 Å². The molecule has 2 N–H and O–H groups in total. The summed E-state index contributed by atoms with van der Waals surface area (Å²) >= 11 is 0. The zero-order valence-electron chi connectivity index (χ0n) is 11.7. The van der Waals surface area contributed by atoms with E-state index in [1.54, 1.807) is 4.68 Å². The van der Waals surface area contributed by atoms with Gasteiger partial charge in [0.05, 0.1) is 18.8 Å². The van der Waals surface area contributed by atoms with Crippen molar-refractivity contribution in [1.29, 1.82) is 0 Å². The molecule has 1 aliphatic heterocycles. The van der Waals surface area contributed by atoms with E-state index < -0.39 is 0 Å². The van der Waals surface area contributed by atoms with Crippen molar-refractivity contribution in [2.75, 3.05) is 19.8 Å². The molecule has 0 bridgehead atoms. The largest absolute Gasteiger partial charge is 0.486 e. The Morgan fingerprint density at radius 1 is 1.19 bits per heavy atom. The lowest BCUT2D eigenvalue weighted by Gasteiger charge is -2.18. The van der Waals surface area contributed by atoms with Gasteiger partial charge in [0.15, 0.2) is 11.5 Å². The third kappa shape index (κ3) is 3.50. The minimum Gasteiger partial charge on any atom is -0.486 e. The highest BCUT2D eigenvalue weighted by molar-refractivity contribution is 5.43. The van der Waals surface area contributed by atoms with Crippen molar-refractivity contribution in [3.63, 3.8) is 0 Å². The van der Waals surface area contributed by atoms with E-state index in [0.717, 1.165) is 22.8 Å². The van der Waals surface area contributed by atoms with Crippen LogP contribution >= 0.6 is 0 Å². The number of nitrogens with one attached hydrogen (secondary N) is 1. The fourth-order valence-corrected chi connectivity index (χ4v) is 2.16. The molecule has 21 heavy (non-hydrogen) atoms. The number of nitrogens with zero attached hydrogens (tertiary/aromatic N) is 3. The van der Waals surface area contributed by atoms with Gasteiger partial charge in [-0.05, 0) is 17.7 Å². The SMILES string of the molecule is OCCn1cc(CNCc2ccc3c(c2)OCCO3)nn1. The molecule has 1 aromatic carbocycles. The van der Waals surface area contributed by atoms with Crippen LogP contribution in [0.2, 0.25) is 0 Å². The summed E-state index contributed by atoms with van der Waals surface area (Å²) in [4.78, 5) is 0. The van der Waals surface area contributed by atoms with Gasteiger partial charge in [0, 0.05) is 19.3 Å². The van der Waals surface area contributed by atoms with Crippen molar-refractivity contribution in [2.45, 2.75) is 19.6 Å². The maximum atomic E-state index is 8.82. The number of hydrogen-bond donors (Lipinski definition) is 2. The summed E-state index contributed by atoms with van der Waals surface area (Å²) in [5.41, 5.74) is 1.97. The molecular weight excluding hydrogens is 272 g/mol. The van der Waals surface area contributed by atoms with Gasteiger partial charge in [-0.1, -0.05) is 11.3 Å². The first-order valence-electron chi connectivity index (χ1n) is 6.94. The standard InChI is InChI=1S/C14H18N4O3/c19-4-3-18-10-12(16-17-18)9-15-8-11-1-2-13-14(7-11)21-6-5-20-13/h1-2,7,10,15,19H,3-6,8-9H2. The Kier molecular flexibility index (Phi) is 4.32. The first-order valence-corrected chi connectivity index (χ1v) is 6.94. The molecule has 3 rings (SSSR count). The monoisotopic (exact) mass is 290 g/mol. The maximum absolute atomic E-state index is 8.82. The number of hydrogen-bond acceptors (Lipinski definition) is 6. The van der Waals surface area contributed by atoms with Gasteiger partial charge < -0.3 is 19.9 Å². The van der Waals surface area contributed by atoms with Gasteiger partial charge in [0.25, 0.3) is 0 Å². The molecule has 7 heteroatoms. The Morgan fingerprint density at radius 3 is 2.90 bits per heavy atom. The summed E-state index contributed by atoms with van der Waals surface area (Å²) in [6, 6.07) is 5.94. The highest BCUT2D eigenvalue weighted by atomic mass is 16.6. The Bertz CT molecular complexity index is 600. The predicted molar refractivity (Wildman–Crippen MR) is 75.1 cm³/mol. The predicted octanol–water partition coefficient (Wildman–Crippen LogP) is 0.331. The van der Waals surface area contributed by atoms with Gasteiger partial charge in [-0.3, -0.25) is 0 Å². The molecule has 0 spiro atoms. The van der Waals surface area contributed by atoms with Gasteiger partial charge in [0.1, 0.15) is 13.2 Å². The second kappa shape index (κ2) is 6.55. The second-order valence-corrected chi connectivity index (χ2v) is 4.78. The fraction of sp³-hybridized carbons (Fsp3) is 0.429. The number of aliphatic hydroxyl groups is 1. The summed E-state index contributed by atoms with van der Waals surface area (Å²) in [5, 5.41) is 20.1. The van der Waals surface area contributed by atoms with Crippen LogP contribution in [0, 0.1) is 0 Å².